The maximum atomic E-state index is 5.83. The fourth-order valence-electron chi connectivity index (χ4n) is 1.85. The highest BCUT2D eigenvalue weighted by atomic mass is 32.2. The van der Waals surface area contributed by atoms with E-state index in [0.29, 0.717) is 13.2 Å². The molecule has 2 rings (SSSR count). The SMILES string of the molecule is COCCn1cnnc1SCCOc1cc(C)ccc1C. The number of nitrogens with zero attached hydrogens (tertiary/aromatic N) is 3. The summed E-state index contributed by atoms with van der Waals surface area (Å²) >= 11 is 1.64. The van der Waals surface area contributed by atoms with E-state index in [1.165, 1.54) is 5.56 Å². The first-order valence-electron chi connectivity index (χ1n) is 6.90. The molecule has 0 radical (unpaired) electrons. The van der Waals surface area contributed by atoms with Crippen molar-refractivity contribution in [3.8, 4) is 5.75 Å². The van der Waals surface area contributed by atoms with Gasteiger partial charge in [0.15, 0.2) is 5.16 Å². The Balaban J connectivity index is 1.79. The van der Waals surface area contributed by atoms with Crippen LogP contribution < -0.4 is 4.74 Å². The third-order valence-electron chi connectivity index (χ3n) is 3.03. The molecule has 0 aliphatic heterocycles. The van der Waals surface area contributed by atoms with Gasteiger partial charge in [0.2, 0.25) is 0 Å². The molecule has 21 heavy (non-hydrogen) atoms. The van der Waals surface area contributed by atoms with Crippen LogP contribution in [0.3, 0.4) is 0 Å². The molecule has 114 valence electrons. The monoisotopic (exact) mass is 307 g/mol. The third-order valence-corrected chi connectivity index (χ3v) is 3.98. The van der Waals surface area contributed by atoms with E-state index in [1.807, 2.05) is 4.57 Å². The first-order chi connectivity index (χ1) is 10.2. The lowest BCUT2D eigenvalue weighted by atomic mass is 10.1. The summed E-state index contributed by atoms with van der Waals surface area (Å²) in [5.74, 6) is 1.79. The number of aryl methyl sites for hydroxylation is 2. The average molecular weight is 307 g/mol. The minimum atomic E-state index is 0.645. The summed E-state index contributed by atoms with van der Waals surface area (Å²) in [6.45, 7) is 6.20. The molecular formula is C15H21N3O2S. The largest absolute Gasteiger partial charge is 0.492 e. The predicted octanol–water partition coefficient (Wildman–Crippen LogP) is 2.71. The zero-order chi connectivity index (χ0) is 15.1. The molecule has 0 N–H and O–H groups in total. The van der Waals surface area contributed by atoms with Crippen molar-refractivity contribution in [2.24, 2.45) is 0 Å². The van der Waals surface area contributed by atoms with Crippen LogP contribution in [-0.4, -0.2) is 40.8 Å². The first kappa shape index (κ1) is 15.9. The fourth-order valence-corrected chi connectivity index (χ4v) is 2.60. The van der Waals surface area contributed by atoms with Crippen molar-refractivity contribution in [1.82, 2.24) is 14.8 Å². The van der Waals surface area contributed by atoms with Gasteiger partial charge in [0.1, 0.15) is 12.1 Å². The highest BCUT2D eigenvalue weighted by Crippen LogP contribution is 2.20. The second-order valence-electron chi connectivity index (χ2n) is 4.77. The van der Waals surface area contributed by atoms with Crippen LogP contribution in [0.4, 0.5) is 0 Å². The molecule has 1 aromatic carbocycles. The lowest BCUT2D eigenvalue weighted by molar-refractivity contribution is 0.184. The van der Waals surface area contributed by atoms with Crippen LogP contribution in [0.1, 0.15) is 11.1 Å². The molecule has 0 aliphatic carbocycles. The van der Waals surface area contributed by atoms with Crippen LogP contribution in [0, 0.1) is 13.8 Å². The molecule has 2 aromatic rings. The molecule has 0 aliphatic rings. The molecule has 1 aromatic heterocycles. The Hall–Kier alpha value is -1.53. The van der Waals surface area contributed by atoms with Gasteiger partial charge >= 0.3 is 0 Å². The molecule has 0 fully saturated rings. The minimum absolute atomic E-state index is 0.645. The summed E-state index contributed by atoms with van der Waals surface area (Å²) in [6.07, 6.45) is 1.73. The van der Waals surface area contributed by atoms with E-state index >= 15 is 0 Å². The molecule has 0 amide bonds. The summed E-state index contributed by atoms with van der Waals surface area (Å²) in [7, 11) is 1.69. The molecule has 5 nitrogen and oxygen atoms in total. The Morgan fingerprint density at radius 2 is 2.10 bits per heavy atom. The molecule has 0 atom stereocenters. The van der Waals surface area contributed by atoms with Gasteiger partial charge in [-0.25, -0.2) is 0 Å². The van der Waals surface area contributed by atoms with Crippen molar-refractivity contribution in [2.45, 2.75) is 25.5 Å². The zero-order valence-corrected chi connectivity index (χ0v) is 13.5. The van der Waals surface area contributed by atoms with Crippen LogP contribution in [0.2, 0.25) is 0 Å². The average Bonchev–Trinajstić information content (AvgIpc) is 2.92. The highest BCUT2D eigenvalue weighted by Gasteiger charge is 2.05. The number of methoxy groups -OCH3 is 1. The Kier molecular flexibility index (Phi) is 6.07. The highest BCUT2D eigenvalue weighted by molar-refractivity contribution is 7.99. The number of rotatable bonds is 8. The summed E-state index contributed by atoms with van der Waals surface area (Å²) in [6, 6.07) is 6.25. The van der Waals surface area contributed by atoms with Crippen molar-refractivity contribution < 1.29 is 9.47 Å². The molecular weight excluding hydrogens is 286 g/mol. The number of hydrogen-bond donors (Lipinski definition) is 0. The van der Waals surface area contributed by atoms with E-state index in [2.05, 4.69) is 42.2 Å². The van der Waals surface area contributed by atoms with E-state index in [-0.39, 0.29) is 0 Å². The van der Waals surface area contributed by atoms with Gasteiger partial charge in [-0.1, -0.05) is 23.9 Å². The molecule has 0 bridgehead atoms. The number of ether oxygens (including phenoxy) is 2. The topological polar surface area (TPSA) is 49.2 Å². The van der Waals surface area contributed by atoms with Gasteiger partial charge in [-0.15, -0.1) is 10.2 Å². The van der Waals surface area contributed by atoms with E-state index in [0.717, 1.165) is 28.8 Å². The van der Waals surface area contributed by atoms with E-state index in [4.69, 9.17) is 9.47 Å². The number of benzene rings is 1. The Labute approximate surface area is 129 Å². The quantitative estimate of drug-likeness (QED) is 0.554. The standard InChI is InChI=1S/C15H21N3O2S/c1-12-4-5-13(2)14(10-12)20-8-9-21-15-17-16-11-18(15)6-7-19-3/h4-5,10-11H,6-9H2,1-3H3. The fraction of sp³-hybridized carbons (Fsp3) is 0.467. The Bertz CT molecular complexity index is 572. The van der Waals surface area contributed by atoms with Gasteiger partial charge in [-0.2, -0.15) is 0 Å². The van der Waals surface area contributed by atoms with Crippen molar-refractivity contribution in [3.05, 3.63) is 35.7 Å². The second-order valence-corrected chi connectivity index (χ2v) is 5.83. The van der Waals surface area contributed by atoms with Gasteiger partial charge in [-0.3, -0.25) is 0 Å². The Morgan fingerprint density at radius 3 is 2.90 bits per heavy atom. The summed E-state index contributed by atoms with van der Waals surface area (Å²) in [5.41, 5.74) is 2.37. The van der Waals surface area contributed by atoms with Gasteiger partial charge in [0.05, 0.1) is 13.2 Å². The number of aromatic nitrogens is 3. The van der Waals surface area contributed by atoms with Gasteiger partial charge in [0.25, 0.3) is 0 Å². The predicted molar refractivity (Wildman–Crippen MR) is 84.0 cm³/mol. The Morgan fingerprint density at radius 1 is 1.24 bits per heavy atom. The van der Waals surface area contributed by atoms with Crippen molar-refractivity contribution in [2.75, 3.05) is 26.1 Å². The maximum Gasteiger partial charge on any atom is 0.191 e. The second kappa shape index (κ2) is 8.05. The molecule has 0 saturated carbocycles. The van der Waals surface area contributed by atoms with E-state index in [9.17, 15) is 0 Å². The molecule has 0 saturated heterocycles. The zero-order valence-electron chi connectivity index (χ0n) is 12.7. The lowest BCUT2D eigenvalue weighted by Gasteiger charge is -2.10. The lowest BCUT2D eigenvalue weighted by Crippen LogP contribution is -2.06. The van der Waals surface area contributed by atoms with E-state index < -0.39 is 0 Å². The first-order valence-corrected chi connectivity index (χ1v) is 7.89. The normalized spacial score (nSPS) is 10.8. The van der Waals surface area contributed by atoms with Crippen LogP contribution in [0.5, 0.6) is 5.75 Å². The van der Waals surface area contributed by atoms with Crippen molar-refractivity contribution in [3.63, 3.8) is 0 Å². The summed E-state index contributed by atoms with van der Waals surface area (Å²) < 4.78 is 12.9. The van der Waals surface area contributed by atoms with Gasteiger partial charge < -0.3 is 14.0 Å². The number of thioether (sulfide) groups is 1. The van der Waals surface area contributed by atoms with Crippen LogP contribution in [-0.2, 0) is 11.3 Å². The van der Waals surface area contributed by atoms with Gasteiger partial charge in [0, 0.05) is 19.4 Å². The third kappa shape index (κ3) is 4.75. The van der Waals surface area contributed by atoms with Crippen LogP contribution in [0.15, 0.2) is 29.7 Å². The summed E-state index contributed by atoms with van der Waals surface area (Å²) in [4.78, 5) is 0. The minimum Gasteiger partial charge on any atom is -0.492 e. The molecule has 0 unspecified atom stereocenters. The van der Waals surface area contributed by atoms with Crippen LogP contribution in [0.25, 0.3) is 0 Å². The van der Waals surface area contributed by atoms with Gasteiger partial charge in [-0.05, 0) is 31.0 Å². The molecule has 6 heteroatoms. The summed E-state index contributed by atoms with van der Waals surface area (Å²) in [5, 5.41) is 8.94. The maximum absolute atomic E-state index is 5.83. The van der Waals surface area contributed by atoms with Crippen molar-refractivity contribution in [1.29, 1.82) is 0 Å². The van der Waals surface area contributed by atoms with Crippen LogP contribution >= 0.6 is 11.8 Å². The van der Waals surface area contributed by atoms with E-state index in [1.54, 1.807) is 25.2 Å². The number of hydrogen-bond acceptors (Lipinski definition) is 5. The smallest absolute Gasteiger partial charge is 0.191 e. The molecule has 0 spiro atoms. The van der Waals surface area contributed by atoms with Crippen molar-refractivity contribution >= 4 is 11.8 Å². The molecule has 1 heterocycles.